The summed E-state index contributed by atoms with van der Waals surface area (Å²) in [7, 11) is 0. The van der Waals surface area contributed by atoms with E-state index < -0.39 is 18.0 Å². The van der Waals surface area contributed by atoms with Gasteiger partial charge in [0.15, 0.2) is 0 Å². The number of rotatable bonds is 7. The van der Waals surface area contributed by atoms with Crippen LogP contribution in [0.5, 0.6) is 0 Å². The van der Waals surface area contributed by atoms with Crippen LogP contribution in [0.25, 0.3) is 11.0 Å². The Kier molecular flexibility index (Phi) is 11.2. The largest absolute Gasteiger partial charge is 0.468 e. The van der Waals surface area contributed by atoms with E-state index in [1.54, 1.807) is 18.2 Å². The number of allylic oxidation sites excluding steroid dienone is 7. The summed E-state index contributed by atoms with van der Waals surface area (Å²) >= 11 is 0. The highest BCUT2D eigenvalue weighted by atomic mass is 19.4. The molecule has 0 saturated carbocycles. The maximum Gasteiger partial charge on any atom is 0.396 e. The molecule has 5 unspecified atom stereocenters. The summed E-state index contributed by atoms with van der Waals surface area (Å²) in [6, 6.07) is 16.3. The van der Waals surface area contributed by atoms with Crippen molar-refractivity contribution < 1.29 is 17.6 Å². The van der Waals surface area contributed by atoms with Gasteiger partial charge < -0.3 is 14.2 Å². The summed E-state index contributed by atoms with van der Waals surface area (Å²) in [6.45, 7) is 29.5. The molecule has 4 aromatic rings. The quantitative estimate of drug-likeness (QED) is 0.172. The molecule has 0 amide bonds. The van der Waals surface area contributed by atoms with E-state index in [9.17, 15) is 0 Å². The van der Waals surface area contributed by atoms with Crippen LogP contribution in [0, 0.1) is 5.92 Å². The van der Waals surface area contributed by atoms with Gasteiger partial charge in [-0.15, -0.1) is 0 Å². The Balaban J connectivity index is 1.33. The van der Waals surface area contributed by atoms with E-state index in [0.717, 1.165) is 72.4 Å². The fourth-order valence-corrected chi connectivity index (χ4v) is 12.8. The van der Waals surface area contributed by atoms with Crippen molar-refractivity contribution in [3.8, 4) is 0 Å². The van der Waals surface area contributed by atoms with Crippen molar-refractivity contribution in [2.75, 3.05) is 9.80 Å². The van der Waals surface area contributed by atoms with E-state index in [2.05, 4.69) is 167 Å². The Morgan fingerprint density at radius 1 is 0.853 bits per heavy atom. The van der Waals surface area contributed by atoms with Gasteiger partial charge in [-0.2, -0.15) is 13.2 Å². The van der Waals surface area contributed by atoms with Crippen molar-refractivity contribution in [3.05, 3.63) is 147 Å². The minimum Gasteiger partial charge on any atom is -0.468 e. The van der Waals surface area contributed by atoms with E-state index in [1.807, 2.05) is 0 Å². The van der Waals surface area contributed by atoms with Gasteiger partial charge in [-0.05, 0) is 148 Å². The lowest BCUT2D eigenvalue weighted by atomic mass is 9.33. The van der Waals surface area contributed by atoms with Crippen LogP contribution in [0.3, 0.4) is 0 Å². The van der Waals surface area contributed by atoms with Crippen LogP contribution in [0.15, 0.2) is 118 Å². The second kappa shape index (κ2) is 16.3. The maximum atomic E-state index is 15.3. The average molecular weight is 917 g/mol. The lowest BCUT2D eigenvalue weighted by Crippen LogP contribution is -2.63. The number of hydrogen-bond donors (Lipinski definition) is 0. The van der Waals surface area contributed by atoms with E-state index in [1.165, 1.54) is 61.5 Å². The van der Waals surface area contributed by atoms with Gasteiger partial charge in [-0.1, -0.05) is 155 Å². The number of hydrogen-bond acceptors (Lipinski definition) is 3. The molecule has 10 rings (SSSR count). The summed E-state index contributed by atoms with van der Waals surface area (Å²) in [6.07, 6.45) is 17.6. The summed E-state index contributed by atoms with van der Waals surface area (Å²) < 4.78 is 53.6. The van der Waals surface area contributed by atoms with E-state index >= 15 is 13.2 Å². The molecule has 0 radical (unpaired) electrons. The van der Waals surface area contributed by atoms with Gasteiger partial charge in [0.1, 0.15) is 5.58 Å². The molecule has 4 aliphatic carbocycles. The normalized spacial score (nSPS) is 24.2. The van der Waals surface area contributed by atoms with Crippen molar-refractivity contribution in [2.45, 2.75) is 181 Å². The predicted octanol–water partition coefficient (Wildman–Crippen LogP) is 15.9. The molecule has 3 heterocycles. The molecule has 1 aromatic heterocycles. The highest BCUT2D eigenvalue weighted by molar-refractivity contribution is 6.93. The van der Waals surface area contributed by atoms with E-state index in [-0.39, 0.29) is 41.0 Å². The second-order valence-electron chi connectivity index (χ2n) is 23.9. The number of anilines is 3. The van der Waals surface area contributed by atoms with Gasteiger partial charge in [-0.3, -0.25) is 0 Å². The number of halogens is 3. The van der Waals surface area contributed by atoms with Crippen LogP contribution in [-0.4, -0.2) is 25.0 Å². The molecule has 3 aromatic carbocycles. The predicted molar refractivity (Wildman–Crippen MR) is 281 cm³/mol. The van der Waals surface area contributed by atoms with Crippen LogP contribution >= 0.6 is 0 Å². The molecule has 0 fully saturated rings. The van der Waals surface area contributed by atoms with Crippen molar-refractivity contribution in [1.29, 1.82) is 0 Å². The van der Waals surface area contributed by atoms with Crippen molar-refractivity contribution >= 4 is 45.9 Å². The monoisotopic (exact) mass is 917 g/mol. The minimum atomic E-state index is -4.43. The molecule has 0 N–H and O–H groups in total. The zero-order valence-electron chi connectivity index (χ0n) is 42.9. The summed E-state index contributed by atoms with van der Waals surface area (Å²) in [5.41, 5.74) is 18.0. The Morgan fingerprint density at radius 3 is 2.19 bits per heavy atom. The van der Waals surface area contributed by atoms with Crippen molar-refractivity contribution in [2.24, 2.45) is 5.92 Å². The summed E-state index contributed by atoms with van der Waals surface area (Å²) in [4.78, 5) is 5.11. The zero-order chi connectivity index (χ0) is 48.6. The number of nitrogens with zero attached hydrogens (tertiary/aromatic N) is 2. The molecule has 5 atom stereocenters. The molecule has 0 bridgehead atoms. The van der Waals surface area contributed by atoms with Crippen LogP contribution in [0.4, 0.5) is 30.2 Å². The van der Waals surface area contributed by atoms with E-state index in [0.29, 0.717) is 11.5 Å². The van der Waals surface area contributed by atoms with Crippen LogP contribution in [0.2, 0.25) is 0 Å². The van der Waals surface area contributed by atoms with Crippen LogP contribution in [0.1, 0.15) is 180 Å². The summed E-state index contributed by atoms with van der Waals surface area (Å²) in [5, 5.41) is 1.19. The Labute approximate surface area is 405 Å². The van der Waals surface area contributed by atoms with Gasteiger partial charge in [0.05, 0.1) is 23.3 Å². The lowest BCUT2D eigenvalue weighted by Gasteiger charge is -2.51. The van der Waals surface area contributed by atoms with Gasteiger partial charge in [0, 0.05) is 34.4 Å². The third-order valence-corrected chi connectivity index (χ3v) is 17.1. The van der Waals surface area contributed by atoms with E-state index in [4.69, 9.17) is 4.42 Å². The maximum absolute atomic E-state index is 15.3. The average Bonchev–Trinajstić information content (AvgIpc) is 3.67. The second-order valence-corrected chi connectivity index (χ2v) is 23.9. The van der Waals surface area contributed by atoms with Gasteiger partial charge >= 0.3 is 6.18 Å². The smallest absolute Gasteiger partial charge is 0.396 e. The third-order valence-electron chi connectivity index (χ3n) is 17.1. The number of fused-ring (bicyclic) bond motifs is 7. The minimum absolute atomic E-state index is 0.00919. The van der Waals surface area contributed by atoms with Gasteiger partial charge in [-0.25, -0.2) is 0 Å². The number of alkyl halides is 3. The Hall–Kier alpha value is -4.91. The first-order chi connectivity index (χ1) is 32.0. The standard InChI is InChI=1S/C61H72BF3N2O/c1-14-37(6)43-32-49-51(33-42(43)35(3)4)67(50-25-22-39(58(7,8)9)30-44(50)41-18-16-17-19-46(41)61(63,64)65)53-29-36(5)28-52-55(53)62(49)57-56(66(52)40-23-20-38(15-2)21-24-40)45-31-47-48(34-54(45)68-57)60(12,13)27-26-59(47,10)11/h16-23,25,29-35,37,40-41,46,52H,14-15,24,26-28H2,1-13H3. The Bertz CT molecular complexity index is 2900. The van der Waals surface area contributed by atoms with Crippen molar-refractivity contribution in [1.82, 2.24) is 0 Å². The number of benzene rings is 3. The van der Waals surface area contributed by atoms with Crippen LogP contribution in [-0.2, 0) is 16.2 Å². The SMILES string of the molecule is CCC1=CCC(N2c3c(oc4cc5c(cc34)C(C)(C)CCC5(C)C)B3C4=C(C=C(C)CC42)N(c2ccc(C(C)(C)C)cc2C2C=CC=CC2C(F)(F)F)c2cc(C(C)C)c(C(C)CC)cc23)C=C1. The molecule has 0 saturated heterocycles. The topological polar surface area (TPSA) is 19.6 Å². The van der Waals surface area contributed by atoms with Crippen molar-refractivity contribution in [3.63, 3.8) is 0 Å². The lowest BCUT2D eigenvalue weighted by molar-refractivity contribution is -0.164. The molecular formula is C61H72BF3N2O. The molecule has 7 heteroatoms. The fourth-order valence-electron chi connectivity index (χ4n) is 12.8. The molecule has 356 valence electrons. The van der Waals surface area contributed by atoms with Gasteiger partial charge in [0.2, 0.25) is 0 Å². The summed E-state index contributed by atoms with van der Waals surface area (Å²) in [5.74, 6) is -2.04. The van der Waals surface area contributed by atoms with Crippen LogP contribution < -0.4 is 20.9 Å². The third kappa shape index (κ3) is 7.45. The molecule has 6 aliphatic rings. The van der Waals surface area contributed by atoms with Gasteiger partial charge in [0.25, 0.3) is 6.71 Å². The first-order valence-electron chi connectivity index (χ1n) is 25.8. The first-order valence-corrected chi connectivity index (χ1v) is 25.8. The highest BCUT2D eigenvalue weighted by Crippen LogP contribution is 2.54. The molecule has 3 nitrogen and oxygen atoms in total. The number of furan rings is 1. The Morgan fingerprint density at radius 2 is 1.56 bits per heavy atom. The fraction of sp³-hybridized carbons (Fsp3) is 0.475. The first kappa shape index (κ1) is 46.8. The molecule has 2 aliphatic heterocycles. The highest BCUT2D eigenvalue weighted by Gasteiger charge is 2.53. The zero-order valence-corrected chi connectivity index (χ0v) is 42.9. The molecule has 68 heavy (non-hydrogen) atoms. The molecule has 0 spiro atoms. The molecular weight excluding hydrogens is 844 g/mol.